The van der Waals surface area contributed by atoms with Gasteiger partial charge in [0.15, 0.2) is 0 Å². The molecule has 1 rings (SSSR count). The third-order valence-corrected chi connectivity index (χ3v) is 7.58. The van der Waals surface area contributed by atoms with Crippen LogP contribution in [0, 0.1) is 0 Å². The first-order chi connectivity index (χ1) is 20.9. The lowest BCUT2D eigenvalue weighted by Gasteiger charge is -2.32. The summed E-state index contributed by atoms with van der Waals surface area (Å²) in [5, 5.41) is 2.69. The van der Waals surface area contributed by atoms with E-state index in [1.807, 2.05) is 30.3 Å². The first kappa shape index (κ1) is 38.9. The Labute approximate surface area is 266 Å². The van der Waals surface area contributed by atoms with Gasteiger partial charge in [0, 0.05) is 25.9 Å². The van der Waals surface area contributed by atoms with Gasteiger partial charge in [-0.15, -0.1) is 0 Å². The SMILES string of the molecule is CCCCCCCCCCCCC[C@@H](CC(N)=O)N(C)C(=O)[C@H](CCCC(=O)OCc1ccccc1)NC(=O)OC(C)(C)C. The summed E-state index contributed by atoms with van der Waals surface area (Å²) in [5.74, 6) is -1.20. The third-order valence-electron chi connectivity index (χ3n) is 7.58. The van der Waals surface area contributed by atoms with Gasteiger partial charge < -0.3 is 25.4 Å². The lowest BCUT2D eigenvalue weighted by atomic mass is 10.00. The smallest absolute Gasteiger partial charge is 0.408 e. The average Bonchev–Trinajstić information content (AvgIpc) is 2.96. The van der Waals surface area contributed by atoms with Crippen molar-refractivity contribution in [3.05, 3.63) is 35.9 Å². The Hall–Kier alpha value is -3.10. The second-order valence-corrected chi connectivity index (χ2v) is 12.8. The molecule has 0 heterocycles. The lowest BCUT2D eigenvalue weighted by Crippen LogP contribution is -2.51. The van der Waals surface area contributed by atoms with Gasteiger partial charge in [0.05, 0.1) is 0 Å². The van der Waals surface area contributed by atoms with E-state index in [0.29, 0.717) is 12.8 Å². The fourth-order valence-corrected chi connectivity index (χ4v) is 5.10. The van der Waals surface area contributed by atoms with Crippen LogP contribution in [0.1, 0.15) is 136 Å². The molecule has 0 bridgehead atoms. The maximum Gasteiger partial charge on any atom is 0.408 e. The minimum absolute atomic E-state index is 0.0466. The number of rotatable bonds is 23. The highest BCUT2D eigenvalue weighted by atomic mass is 16.6. The van der Waals surface area contributed by atoms with E-state index in [1.165, 1.54) is 56.3 Å². The summed E-state index contributed by atoms with van der Waals surface area (Å²) in [4.78, 5) is 52.0. The molecule has 0 fully saturated rings. The van der Waals surface area contributed by atoms with Gasteiger partial charge >= 0.3 is 12.1 Å². The first-order valence-electron chi connectivity index (χ1n) is 16.7. The molecule has 9 nitrogen and oxygen atoms in total. The minimum atomic E-state index is -0.926. The Kier molecular flexibility index (Phi) is 19.8. The van der Waals surface area contributed by atoms with Gasteiger partial charge in [0.25, 0.3) is 0 Å². The van der Waals surface area contributed by atoms with E-state index < -0.39 is 23.6 Å². The predicted molar refractivity (Wildman–Crippen MR) is 175 cm³/mol. The van der Waals surface area contributed by atoms with Crippen molar-refractivity contribution in [2.45, 2.75) is 155 Å². The molecular formula is C35H59N3O6. The monoisotopic (exact) mass is 617 g/mol. The maximum atomic E-state index is 13.6. The number of nitrogens with two attached hydrogens (primary N) is 1. The molecule has 0 aromatic heterocycles. The van der Waals surface area contributed by atoms with Gasteiger partial charge in [0.1, 0.15) is 18.2 Å². The van der Waals surface area contributed by atoms with Gasteiger partial charge in [-0.3, -0.25) is 14.4 Å². The summed E-state index contributed by atoms with van der Waals surface area (Å²) in [7, 11) is 1.65. The number of hydrogen-bond acceptors (Lipinski definition) is 6. The molecule has 3 N–H and O–H groups in total. The molecule has 9 heteroatoms. The van der Waals surface area contributed by atoms with Gasteiger partial charge in [-0.1, -0.05) is 108 Å². The average molecular weight is 618 g/mol. The molecule has 0 unspecified atom stereocenters. The van der Waals surface area contributed by atoms with Gasteiger partial charge in [0.2, 0.25) is 11.8 Å². The zero-order valence-corrected chi connectivity index (χ0v) is 28.0. The molecule has 0 saturated carbocycles. The van der Waals surface area contributed by atoms with Crippen LogP contribution in [0.15, 0.2) is 30.3 Å². The molecule has 250 valence electrons. The van der Waals surface area contributed by atoms with Crippen LogP contribution in [0.25, 0.3) is 0 Å². The predicted octanol–water partition coefficient (Wildman–Crippen LogP) is 7.20. The quantitative estimate of drug-likeness (QED) is 0.0988. The van der Waals surface area contributed by atoms with Crippen molar-refractivity contribution >= 4 is 23.9 Å². The number of nitrogens with zero attached hydrogens (tertiary/aromatic N) is 1. The third kappa shape index (κ3) is 19.2. The molecule has 44 heavy (non-hydrogen) atoms. The van der Waals surface area contributed by atoms with Crippen molar-refractivity contribution in [3.8, 4) is 0 Å². The first-order valence-corrected chi connectivity index (χ1v) is 16.7. The molecule has 0 aliphatic rings. The maximum absolute atomic E-state index is 13.6. The molecule has 0 aliphatic carbocycles. The van der Waals surface area contributed by atoms with E-state index in [2.05, 4.69) is 12.2 Å². The van der Waals surface area contributed by atoms with Crippen LogP contribution >= 0.6 is 0 Å². The zero-order chi connectivity index (χ0) is 32.8. The van der Waals surface area contributed by atoms with Crippen LogP contribution < -0.4 is 11.1 Å². The Morgan fingerprint density at radius 2 is 1.41 bits per heavy atom. The molecule has 0 saturated heterocycles. The van der Waals surface area contributed by atoms with Crippen molar-refractivity contribution in [3.63, 3.8) is 0 Å². The topological polar surface area (TPSA) is 128 Å². The summed E-state index contributed by atoms with van der Waals surface area (Å²) in [6.07, 6.45) is 13.9. The van der Waals surface area contributed by atoms with E-state index in [9.17, 15) is 19.2 Å². The van der Waals surface area contributed by atoms with Gasteiger partial charge in [-0.05, 0) is 45.6 Å². The number of primary amides is 1. The number of benzene rings is 1. The summed E-state index contributed by atoms with van der Waals surface area (Å²) >= 11 is 0. The molecule has 0 spiro atoms. The molecule has 2 atom stereocenters. The van der Waals surface area contributed by atoms with Crippen LogP contribution in [-0.4, -0.2) is 53.5 Å². The van der Waals surface area contributed by atoms with Crippen LogP contribution in [0.4, 0.5) is 4.79 Å². The standard InChI is InChI=1S/C35H59N3O6/c1-6-7-8-9-10-11-12-13-14-15-19-23-29(26-31(36)39)38(5)33(41)30(37-34(42)44-35(2,3)4)24-20-25-32(40)43-27-28-21-17-16-18-22-28/h16-18,21-22,29-30H,6-15,19-20,23-27H2,1-5H3,(H2,36,39)(H,37,42)/t29-,30-/m0/s1. The number of likely N-dealkylation sites (N-methyl/N-ethyl adjacent to an activating group) is 1. The fraction of sp³-hybridized carbons (Fsp3) is 0.714. The van der Waals surface area contributed by atoms with E-state index in [-0.39, 0.29) is 43.8 Å². The summed E-state index contributed by atoms with van der Waals surface area (Å²) in [6.45, 7) is 7.64. The molecular weight excluding hydrogens is 558 g/mol. The summed E-state index contributed by atoms with van der Waals surface area (Å²) < 4.78 is 10.8. The molecule has 1 aromatic rings. The van der Waals surface area contributed by atoms with Crippen LogP contribution in [0.2, 0.25) is 0 Å². The van der Waals surface area contributed by atoms with Crippen molar-refractivity contribution in [2.24, 2.45) is 5.73 Å². The lowest BCUT2D eigenvalue weighted by molar-refractivity contribution is -0.145. The van der Waals surface area contributed by atoms with Crippen LogP contribution in [-0.2, 0) is 30.5 Å². The molecule has 0 aliphatic heterocycles. The number of esters is 1. The number of alkyl carbamates (subject to hydrolysis) is 1. The summed E-state index contributed by atoms with van der Waals surface area (Å²) in [5.41, 5.74) is 5.70. The van der Waals surface area contributed by atoms with Crippen LogP contribution in [0.5, 0.6) is 0 Å². The summed E-state index contributed by atoms with van der Waals surface area (Å²) in [6, 6.07) is 8.09. The number of hydrogen-bond donors (Lipinski definition) is 2. The zero-order valence-electron chi connectivity index (χ0n) is 28.0. The number of nitrogens with one attached hydrogen (secondary N) is 1. The minimum Gasteiger partial charge on any atom is -0.461 e. The molecule has 0 radical (unpaired) electrons. The van der Waals surface area contributed by atoms with E-state index >= 15 is 0 Å². The van der Waals surface area contributed by atoms with Crippen molar-refractivity contribution in [2.75, 3.05) is 7.05 Å². The Morgan fingerprint density at radius 1 is 0.841 bits per heavy atom. The van der Waals surface area contributed by atoms with Gasteiger partial charge in [-0.25, -0.2) is 4.79 Å². The molecule has 1 aromatic carbocycles. The van der Waals surface area contributed by atoms with Crippen LogP contribution in [0.3, 0.4) is 0 Å². The number of ether oxygens (including phenoxy) is 2. The Balaban J connectivity index is 2.67. The number of carbonyl (C=O) groups is 4. The largest absolute Gasteiger partial charge is 0.461 e. The number of amides is 3. The number of carbonyl (C=O) groups excluding carboxylic acids is 4. The fourth-order valence-electron chi connectivity index (χ4n) is 5.10. The Morgan fingerprint density at radius 3 is 1.95 bits per heavy atom. The van der Waals surface area contributed by atoms with Crippen molar-refractivity contribution in [1.29, 1.82) is 0 Å². The van der Waals surface area contributed by atoms with Gasteiger partial charge in [-0.2, -0.15) is 0 Å². The highest BCUT2D eigenvalue weighted by Gasteiger charge is 2.30. The van der Waals surface area contributed by atoms with E-state index in [4.69, 9.17) is 15.2 Å². The van der Waals surface area contributed by atoms with E-state index in [1.54, 1.807) is 27.8 Å². The highest BCUT2D eigenvalue weighted by Crippen LogP contribution is 2.18. The number of unbranched alkanes of at least 4 members (excludes halogenated alkanes) is 10. The normalized spacial score (nSPS) is 12.7. The second-order valence-electron chi connectivity index (χ2n) is 12.8. The van der Waals surface area contributed by atoms with Crippen molar-refractivity contribution in [1.82, 2.24) is 10.2 Å². The van der Waals surface area contributed by atoms with Crippen molar-refractivity contribution < 1.29 is 28.7 Å². The highest BCUT2D eigenvalue weighted by molar-refractivity contribution is 5.86. The molecule has 3 amide bonds. The second kappa shape index (κ2) is 22.4. The van der Waals surface area contributed by atoms with E-state index in [0.717, 1.165) is 24.8 Å². The Bertz CT molecular complexity index is 963.